The van der Waals surface area contributed by atoms with E-state index in [0.717, 1.165) is 38.6 Å². The van der Waals surface area contributed by atoms with Gasteiger partial charge in [0.05, 0.1) is 6.26 Å². The Hall–Kier alpha value is -1.15. The number of hydrogen-bond donors (Lipinski definition) is 2. The molecule has 24 heavy (non-hydrogen) atoms. The number of benzene rings is 1. The van der Waals surface area contributed by atoms with E-state index in [1.807, 2.05) is 23.1 Å². The average Bonchev–Trinajstić information content (AvgIpc) is 2.99. The van der Waals surface area contributed by atoms with Gasteiger partial charge in [0.1, 0.15) is 0 Å². The Bertz CT molecular complexity index is 709. The molecule has 8 heteroatoms. The summed E-state index contributed by atoms with van der Waals surface area (Å²) in [6.07, 6.45) is 3.97. The molecule has 1 aromatic rings. The lowest BCUT2D eigenvalue weighted by atomic mass is 9.99. The maximum Gasteiger partial charge on any atom is 0.254 e. The molecule has 134 valence electrons. The molecule has 0 saturated carbocycles. The van der Waals surface area contributed by atoms with Gasteiger partial charge in [-0.2, -0.15) is 0 Å². The quantitative estimate of drug-likeness (QED) is 0.832. The molecule has 1 atom stereocenters. The number of fused-ring (bicyclic) bond motifs is 1. The van der Waals surface area contributed by atoms with Crippen molar-refractivity contribution in [2.24, 2.45) is 0 Å². The number of rotatable bonds is 4. The third-order valence-corrected chi connectivity index (χ3v) is 5.24. The van der Waals surface area contributed by atoms with Crippen LogP contribution in [0.15, 0.2) is 18.2 Å². The second kappa shape index (κ2) is 7.82. The Labute approximate surface area is 149 Å². The summed E-state index contributed by atoms with van der Waals surface area (Å²) in [5.41, 5.74) is 3.12. The van der Waals surface area contributed by atoms with Gasteiger partial charge in [0, 0.05) is 37.8 Å². The Kier molecular flexibility index (Phi) is 6.25. The number of carbonyl (C=O) groups is 1. The Balaban J connectivity index is 0.00000208. The van der Waals surface area contributed by atoms with E-state index in [1.54, 1.807) is 0 Å². The minimum atomic E-state index is -3.24. The van der Waals surface area contributed by atoms with Crippen LogP contribution in [0.1, 0.15) is 40.7 Å². The highest BCUT2D eigenvalue weighted by molar-refractivity contribution is 7.88. The number of sulfonamides is 1. The van der Waals surface area contributed by atoms with Crippen molar-refractivity contribution in [2.45, 2.75) is 38.4 Å². The number of halogens is 1. The van der Waals surface area contributed by atoms with Crippen molar-refractivity contribution >= 4 is 28.3 Å². The molecule has 2 aliphatic rings. The number of nitrogens with one attached hydrogen (secondary N) is 2. The molecule has 1 aromatic carbocycles. The van der Waals surface area contributed by atoms with E-state index in [4.69, 9.17) is 0 Å². The fourth-order valence-electron chi connectivity index (χ4n) is 3.32. The maximum absolute atomic E-state index is 12.9. The fraction of sp³-hybridized carbons (Fsp3) is 0.562. The molecule has 2 aliphatic heterocycles. The number of amides is 1. The van der Waals surface area contributed by atoms with Gasteiger partial charge in [-0.15, -0.1) is 12.4 Å². The highest BCUT2D eigenvalue weighted by Crippen LogP contribution is 2.22. The standard InChI is InChI=1S/C16H23N3O3S.ClH/c1-23(21,22)18-11-15-4-2-3-7-19(15)16(20)12-5-6-13-9-17-10-14(13)8-12;/h5-6,8,15,17-18H,2-4,7,9-11H2,1H3;1H. The van der Waals surface area contributed by atoms with Crippen LogP contribution in [0.5, 0.6) is 0 Å². The van der Waals surface area contributed by atoms with Gasteiger partial charge in [0.15, 0.2) is 0 Å². The monoisotopic (exact) mass is 373 g/mol. The van der Waals surface area contributed by atoms with Gasteiger partial charge in [-0.1, -0.05) is 6.07 Å². The van der Waals surface area contributed by atoms with Crippen LogP contribution in [0.3, 0.4) is 0 Å². The van der Waals surface area contributed by atoms with Crippen LogP contribution in [0.4, 0.5) is 0 Å². The number of hydrogen-bond acceptors (Lipinski definition) is 4. The molecule has 0 aliphatic carbocycles. The summed E-state index contributed by atoms with van der Waals surface area (Å²) in [7, 11) is -3.24. The second-order valence-corrected chi connectivity index (χ2v) is 8.19. The van der Waals surface area contributed by atoms with Crippen LogP contribution in [0.25, 0.3) is 0 Å². The molecule has 1 unspecified atom stereocenters. The van der Waals surface area contributed by atoms with Crippen LogP contribution in [-0.4, -0.2) is 44.6 Å². The predicted octanol–water partition coefficient (Wildman–Crippen LogP) is 1.26. The first kappa shape index (κ1) is 19.2. The molecule has 1 saturated heterocycles. The van der Waals surface area contributed by atoms with Crippen LogP contribution < -0.4 is 10.0 Å². The van der Waals surface area contributed by atoms with Gasteiger partial charge in [0.25, 0.3) is 5.91 Å². The van der Waals surface area contributed by atoms with Crippen LogP contribution in [0, 0.1) is 0 Å². The van der Waals surface area contributed by atoms with Gasteiger partial charge in [0.2, 0.25) is 10.0 Å². The van der Waals surface area contributed by atoms with Gasteiger partial charge < -0.3 is 10.2 Å². The van der Waals surface area contributed by atoms with Gasteiger partial charge in [-0.3, -0.25) is 4.79 Å². The Morgan fingerprint density at radius 2 is 2.04 bits per heavy atom. The maximum atomic E-state index is 12.9. The molecule has 0 aromatic heterocycles. The SMILES string of the molecule is CS(=O)(=O)NCC1CCCCN1C(=O)c1ccc2c(c1)CNC2.Cl. The lowest BCUT2D eigenvalue weighted by Gasteiger charge is -2.36. The summed E-state index contributed by atoms with van der Waals surface area (Å²) >= 11 is 0. The number of piperidine rings is 1. The number of likely N-dealkylation sites (tertiary alicyclic amines) is 1. The first-order valence-electron chi connectivity index (χ1n) is 8.02. The summed E-state index contributed by atoms with van der Waals surface area (Å²) in [6, 6.07) is 5.78. The molecule has 2 N–H and O–H groups in total. The summed E-state index contributed by atoms with van der Waals surface area (Å²) in [4.78, 5) is 14.7. The van der Waals surface area contributed by atoms with Crippen LogP contribution in [0.2, 0.25) is 0 Å². The third kappa shape index (κ3) is 4.47. The predicted molar refractivity (Wildman–Crippen MR) is 95.8 cm³/mol. The summed E-state index contributed by atoms with van der Waals surface area (Å²) in [5.74, 6) is -0.000277. The topological polar surface area (TPSA) is 78.5 Å². The average molecular weight is 374 g/mol. The van der Waals surface area contributed by atoms with Gasteiger partial charge >= 0.3 is 0 Å². The molecule has 1 amide bonds. The molecular weight excluding hydrogens is 350 g/mol. The molecule has 0 radical (unpaired) electrons. The van der Waals surface area contributed by atoms with Crippen molar-refractivity contribution in [3.8, 4) is 0 Å². The van der Waals surface area contributed by atoms with E-state index in [2.05, 4.69) is 10.0 Å². The van der Waals surface area contributed by atoms with Crippen molar-refractivity contribution in [1.29, 1.82) is 0 Å². The Morgan fingerprint density at radius 3 is 2.79 bits per heavy atom. The van der Waals surface area contributed by atoms with Crippen LogP contribution in [-0.2, 0) is 23.1 Å². The zero-order chi connectivity index (χ0) is 16.4. The van der Waals surface area contributed by atoms with E-state index >= 15 is 0 Å². The largest absolute Gasteiger partial charge is 0.334 e. The van der Waals surface area contributed by atoms with E-state index in [0.29, 0.717) is 12.1 Å². The molecule has 3 rings (SSSR count). The van der Waals surface area contributed by atoms with Crippen molar-refractivity contribution in [3.63, 3.8) is 0 Å². The van der Waals surface area contributed by atoms with Crippen molar-refractivity contribution in [3.05, 3.63) is 34.9 Å². The second-order valence-electron chi connectivity index (χ2n) is 6.36. The minimum Gasteiger partial charge on any atom is -0.334 e. The highest BCUT2D eigenvalue weighted by Gasteiger charge is 2.28. The van der Waals surface area contributed by atoms with Crippen LogP contribution >= 0.6 is 12.4 Å². The number of carbonyl (C=O) groups excluding carboxylic acids is 1. The zero-order valence-corrected chi connectivity index (χ0v) is 15.4. The van der Waals surface area contributed by atoms with Gasteiger partial charge in [-0.05, 0) is 42.5 Å². The minimum absolute atomic E-state index is 0. The molecule has 2 heterocycles. The first-order chi connectivity index (χ1) is 10.9. The van der Waals surface area contributed by atoms with Crippen molar-refractivity contribution < 1.29 is 13.2 Å². The third-order valence-electron chi connectivity index (χ3n) is 4.55. The smallest absolute Gasteiger partial charge is 0.254 e. The summed E-state index contributed by atoms with van der Waals surface area (Å²) in [6.45, 7) is 2.63. The Morgan fingerprint density at radius 1 is 1.29 bits per heavy atom. The van der Waals surface area contributed by atoms with Gasteiger partial charge in [-0.25, -0.2) is 13.1 Å². The van der Waals surface area contributed by atoms with Crippen molar-refractivity contribution in [2.75, 3.05) is 19.3 Å². The zero-order valence-electron chi connectivity index (χ0n) is 13.7. The lowest BCUT2D eigenvalue weighted by Crippen LogP contribution is -2.49. The van der Waals surface area contributed by atoms with E-state index in [-0.39, 0.29) is 30.9 Å². The normalized spacial score (nSPS) is 20.4. The summed E-state index contributed by atoms with van der Waals surface area (Å²) < 4.78 is 25.2. The molecular formula is C16H24ClN3O3S. The highest BCUT2D eigenvalue weighted by atomic mass is 35.5. The van der Waals surface area contributed by atoms with E-state index in [9.17, 15) is 13.2 Å². The molecule has 0 bridgehead atoms. The number of nitrogens with zero attached hydrogens (tertiary/aromatic N) is 1. The molecule has 6 nitrogen and oxygen atoms in total. The van der Waals surface area contributed by atoms with E-state index in [1.165, 1.54) is 11.1 Å². The first-order valence-corrected chi connectivity index (χ1v) is 9.91. The van der Waals surface area contributed by atoms with E-state index < -0.39 is 10.0 Å². The molecule has 0 spiro atoms. The fourth-order valence-corrected chi connectivity index (χ4v) is 3.82. The summed E-state index contributed by atoms with van der Waals surface area (Å²) in [5, 5.41) is 3.28. The lowest BCUT2D eigenvalue weighted by molar-refractivity contribution is 0.0618. The van der Waals surface area contributed by atoms with Crippen molar-refractivity contribution in [1.82, 2.24) is 14.9 Å². The molecule has 1 fully saturated rings.